The van der Waals surface area contributed by atoms with Gasteiger partial charge in [0.25, 0.3) is 0 Å². The number of anilines is 1. The molecule has 2 N–H and O–H groups in total. The summed E-state index contributed by atoms with van der Waals surface area (Å²) in [4.78, 5) is 0.320. The van der Waals surface area contributed by atoms with Gasteiger partial charge in [-0.15, -0.1) is 0 Å². The lowest BCUT2D eigenvalue weighted by molar-refractivity contribution is 0.502. The number of nitrogens with one attached hydrogen (secondary N) is 2. The van der Waals surface area contributed by atoms with E-state index in [-0.39, 0.29) is 0 Å². The maximum absolute atomic E-state index is 11.9. The van der Waals surface area contributed by atoms with E-state index in [1.165, 1.54) is 26.3 Å². The molecule has 2 unspecified atom stereocenters. The third-order valence-electron chi connectivity index (χ3n) is 4.41. The molecule has 1 aliphatic rings. The SMILES string of the molecule is CNS(=O)(=O)c1ccc(C)c(NC2CCCC(C)CC2)c1. The molecule has 0 spiro atoms. The van der Waals surface area contributed by atoms with E-state index in [4.69, 9.17) is 0 Å². The van der Waals surface area contributed by atoms with Crippen LogP contribution >= 0.6 is 0 Å². The van der Waals surface area contributed by atoms with Gasteiger partial charge in [0, 0.05) is 11.7 Å². The zero-order chi connectivity index (χ0) is 15.5. The summed E-state index contributed by atoms with van der Waals surface area (Å²) < 4.78 is 26.2. The van der Waals surface area contributed by atoms with Gasteiger partial charge < -0.3 is 5.32 Å². The maximum Gasteiger partial charge on any atom is 0.240 e. The van der Waals surface area contributed by atoms with E-state index in [0.717, 1.165) is 30.0 Å². The van der Waals surface area contributed by atoms with Gasteiger partial charge in [-0.25, -0.2) is 13.1 Å². The second-order valence-electron chi connectivity index (χ2n) is 6.14. The fraction of sp³-hybridized carbons (Fsp3) is 0.625. The molecule has 21 heavy (non-hydrogen) atoms. The minimum absolute atomic E-state index is 0.320. The molecule has 5 heteroatoms. The van der Waals surface area contributed by atoms with Crippen molar-refractivity contribution in [1.82, 2.24) is 4.72 Å². The average molecular weight is 310 g/mol. The highest BCUT2D eigenvalue weighted by Gasteiger charge is 2.18. The Bertz CT molecular complexity index is 584. The number of sulfonamides is 1. The van der Waals surface area contributed by atoms with Crippen LogP contribution in [0, 0.1) is 12.8 Å². The Morgan fingerprint density at radius 1 is 1.14 bits per heavy atom. The Kier molecular flexibility index (Phi) is 5.27. The summed E-state index contributed by atoms with van der Waals surface area (Å²) in [6.45, 7) is 4.32. The number of hydrogen-bond acceptors (Lipinski definition) is 3. The summed E-state index contributed by atoms with van der Waals surface area (Å²) in [5.74, 6) is 0.800. The maximum atomic E-state index is 11.9. The van der Waals surface area contributed by atoms with Crippen molar-refractivity contribution in [1.29, 1.82) is 0 Å². The molecule has 1 aliphatic carbocycles. The molecule has 0 amide bonds. The minimum Gasteiger partial charge on any atom is -0.382 e. The van der Waals surface area contributed by atoms with Gasteiger partial charge in [-0.05, 0) is 56.8 Å². The standard InChI is InChI=1S/C16H26N2O2S/c1-12-5-4-6-14(9-7-12)18-16-11-15(10-8-13(16)2)21(19,20)17-3/h8,10-12,14,17-18H,4-7,9H2,1-3H3. The fourth-order valence-corrected chi connectivity index (χ4v) is 3.65. The first kappa shape index (κ1) is 16.3. The average Bonchev–Trinajstić information content (AvgIpc) is 2.66. The molecule has 4 nitrogen and oxygen atoms in total. The van der Waals surface area contributed by atoms with Crippen LogP contribution < -0.4 is 10.0 Å². The second kappa shape index (κ2) is 6.79. The number of hydrogen-bond donors (Lipinski definition) is 2. The quantitative estimate of drug-likeness (QED) is 0.839. The van der Waals surface area contributed by atoms with Crippen LogP contribution in [0.15, 0.2) is 23.1 Å². The molecule has 1 saturated carbocycles. The lowest BCUT2D eigenvalue weighted by Crippen LogP contribution is -2.21. The van der Waals surface area contributed by atoms with Crippen LogP contribution in [0.1, 0.15) is 44.6 Å². The fourth-order valence-electron chi connectivity index (χ4n) is 2.89. The second-order valence-corrected chi connectivity index (χ2v) is 8.03. The lowest BCUT2D eigenvalue weighted by Gasteiger charge is -2.20. The molecule has 1 fully saturated rings. The largest absolute Gasteiger partial charge is 0.382 e. The first-order valence-corrected chi connectivity index (χ1v) is 9.21. The number of benzene rings is 1. The van der Waals surface area contributed by atoms with Crippen molar-refractivity contribution in [2.24, 2.45) is 5.92 Å². The van der Waals surface area contributed by atoms with Crippen molar-refractivity contribution >= 4 is 15.7 Å². The Morgan fingerprint density at radius 3 is 2.62 bits per heavy atom. The summed E-state index contributed by atoms with van der Waals surface area (Å²) in [5.41, 5.74) is 2.02. The van der Waals surface area contributed by atoms with Gasteiger partial charge in [-0.2, -0.15) is 0 Å². The Hall–Kier alpha value is -1.07. The molecule has 0 heterocycles. The van der Waals surface area contributed by atoms with Gasteiger partial charge in [-0.3, -0.25) is 0 Å². The molecule has 2 rings (SSSR count). The Balaban J connectivity index is 2.17. The lowest BCUT2D eigenvalue weighted by atomic mass is 10.0. The van der Waals surface area contributed by atoms with E-state index < -0.39 is 10.0 Å². The number of rotatable bonds is 4. The smallest absolute Gasteiger partial charge is 0.240 e. The Labute approximate surface area is 128 Å². The molecule has 0 bridgehead atoms. The van der Waals surface area contributed by atoms with Crippen LogP contribution in [0.3, 0.4) is 0 Å². The highest BCUT2D eigenvalue weighted by molar-refractivity contribution is 7.89. The van der Waals surface area contributed by atoms with Crippen molar-refractivity contribution in [2.45, 2.75) is 56.9 Å². The van der Waals surface area contributed by atoms with Gasteiger partial charge >= 0.3 is 0 Å². The molecule has 2 atom stereocenters. The van der Waals surface area contributed by atoms with E-state index >= 15 is 0 Å². The van der Waals surface area contributed by atoms with Gasteiger partial charge in [-0.1, -0.05) is 25.8 Å². The van der Waals surface area contributed by atoms with Crippen molar-refractivity contribution in [3.8, 4) is 0 Å². The van der Waals surface area contributed by atoms with Crippen LogP contribution in [0.25, 0.3) is 0 Å². The normalized spacial score (nSPS) is 23.6. The highest BCUT2D eigenvalue weighted by Crippen LogP contribution is 2.27. The van der Waals surface area contributed by atoms with Gasteiger partial charge in [0.05, 0.1) is 4.90 Å². The van der Waals surface area contributed by atoms with Crippen molar-refractivity contribution in [2.75, 3.05) is 12.4 Å². The summed E-state index contributed by atoms with van der Waals surface area (Å²) >= 11 is 0. The molecular formula is C16H26N2O2S. The van der Waals surface area contributed by atoms with Crippen LogP contribution in [0.4, 0.5) is 5.69 Å². The third-order valence-corrected chi connectivity index (χ3v) is 5.82. The third kappa shape index (κ3) is 4.20. The van der Waals surface area contributed by atoms with Gasteiger partial charge in [0.2, 0.25) is 10.0 Å². The molecule has 0 saturated heterocycles. The van der Waals surface area contributed by atoms with Crippen LogP contribution in [0.5, 0.6) is 0 Å². The molecule has 0 radical (unpaired) electrons. The molecule has 0 aliphatic heterocycles. The summed E-state index contributed by atoms with van der Waals surface area (Å²) in [6, 6.07) is 5.71. The van der Waals surface area contributed by atoms with Crippen molar-refractivity contribution in [3.05, 3.63) is 23.8 Å². The molecule has 1 aromatic rings. The van der Waals surface area contributed by atoms with Crippen molar-refractivity contribution < 1.29 is 8.42 Å². The van der Waals surface area contributed by atoms with E-state index in [2.05, 4.69) is 17.0 Å². The van der Waals surface area contributed by atoms with Crippen LogP contribution in [-0.2, 0) is 10.0 Å². The Morgan fingerprint density at radius 2 is 1.90 bits per heavy atom. The van der Waals surface area contributed by atoms with Crippen molar-refractivity contribution in [3.63, 3.8) is 0 Å². The van der Waals surface area contributed by atoms with Crippen LogP contribution in [0.2, 0.25) is 0 Å². The first-order chi connectivity index (χ1) is 9.92. The van der Waals surface area contributed by atoms with E-state index in [1.54, 1.807) is 12.1 Å². The highest BCUT2D eigenvalue weighted by atomic mass is 32.2. The molecule has 1 aromatic carbocycles. The van der Waals surface area contributed by atoms with Gasteiger partial charge in [0.1, 0.15) is 0 Å². The monoisotopic (exact) mass is 310 g/mol. The molecular weight excluding hydrogens is 284 g/mol. The molecule has 0 aromatic heterocycles. The van der Waals surface area contributed by atoms with E-state index in [1.807, 2.05) is 13.0 Å². The summed E-state index contributed by atoms with van der Waals surface area (Å²) in [7, 11) is -1.94. The van der Waals surface area contributed by atoms with Crippen LogP contribution in [-0.4, -0.2) is 21.5 Å². The number of aryl methyl sites for hydroxylation is 1. The van der Waals surface area contributed by atoms with E-state index in [0.29, 0.717) is 10.9 Å². The van der Waals surface area contributed by atoms with Gasteiger partial charge in [0.15, 0.2) is 0 Å². The summed E-state index contributed by atoms with van der Waals surface area (Å²) in [6.07, 6.45) is 6.10. The zero-order valence-electron chi connectivity index (χ0n) is 13.1. The predicted molar refractivity (Wildman–Crippen MR) is 87.1 cm³/mol. The topological polar surface area (TPSA) is 58.2 Å². The minimum atomic E-state index is -3.38. The first-order valence-electron chi connectivity index (χ1n) is 7.73. The predicted octanol–water partition coefficient (Wildman–Crippen LogP) is 3.28. The van der Waals surface area contributed by atoms with E-state index in [9.17, 15) is 8.42 Å². The zero-order valence-corrected chi connectivity index (χ0v) is 14.0. The summed E-state index contributed by atoms with van der Waals surface area (Å²) in [5, 5.41) is 3.55. The molecule has 118 valence electrons.